The molecule has 1 aromatic rings. The van der Waals surface area contributed by atoms with Crippen LogP contribution in [0.2, 0.25) is 0 Å². The molecule has 4 nitrogen and oxygen atoms in total. The van der Waals surface area contributed by atoms with Crippen LogP contribution in [0.25, 0.3) is 0 Å². The quantitative estimate of drug-likeness (QED) is 0.885. The van der Waals surface area contributed by atoms with Crippen LogP contribution in [0.1, 0.15) is 18.5 Å². The second-order valence-corrected chi connectivity index (χ2v) is 5.52. The van der Waals surface area contributed by atoms with Gasteiger partial charge in [-0.1, -0.05) is 30.3 Å². The van der Waals surface area contributed by atoms with Crippen LogP contribution in [0.5, 0.6) is 0 Å². The van der Waals surface area contributed by atoms with Gasteiger partial charge in [-0.2, -0.15) is 0 Å². The van der Waals surface area contributed by atoms with E-state index in [9.17, 15) is 4.79 Å². The van der Waals surface area contributed by atoms with Crippen LogP contribution in [-0.4, -0.2) is 55.5 Å². The van der Waals surface area contributed by atoms with E-state index in [2.05, 4.69) is 24.4 Å². The Hall–Kier alpha value is -1.39. The van der Waals surface area contributed by atoms with Crippen molar-refractivity contribution in [1.29, 1.82) is 0 Å². The number of hydrogen-bond donors (Lipinski definition) is 1. The van der Waals surface area contributed by atoms with Gasteiger partial charge in [0.15, 0.2) is 0 Å². The normalized spacial score (nSPS) is 23.7. The third-order valence-electron chi connectivity index (χ3n) is 3.46. The van der Waals surface area contributed by atoms with E-state index in [1.54, 1.807) is 0 Å². The van der Waals surface area contributed by atoms with Gasteiger partial charge in [-0.3, -0.25) is 4.79 Å². The van der Waals surface area contributed by atoms with Gasteiger partial charge in [-0.05, 0) is 26.6 Å². The van der Waals surface area contributed by atoms with Crippen LogP contribution >= 0.6 is 0 Å². The molecule has 19 heavy (non-hydrogen) atoms. The number of rotatable bonds is 3. The summed E-state index contributed by atoms with van der Waals surface area (Å²) in [5, 5.41) is 3.46. The molecule has 2 atom stereocenters. The molecule has 1 aromatic carbocycles. The Morgan fingerprint density at radius 3 is 2.68 bits per heavy atom. The van der Waals surface area contributed by atoms with Crippen molar-refractivity contribution in [2.24, 2.45) is 0 Å². The minimum absolute atomic E-state index is 0.143. The SMILES string of the molecule is CC1CN(C(=O)CN(C)C)C(c2ccccc2)CN1. The van der Waals surface area contributed by atoms with Crippen molar-refractivity contribution >= 4 is 5.91 Å². The fourth-order valence-corrected chi connectivity index (χ4v) is 2.52. The molecule has 0 aliphatic carbocycles. The van der Waals surface area contributed by atoms with Gasteiger partial charge in [0.1, 0.15) is 0 Å². The molecule has 1 amide bonds. The summed E-state index contributed by atoms with van der Waals surface area (Å²) in [6.45, 7) is 4.18. The first-order chi connectivity index (χ1) is 9.08. The number of hydrogen-bond acceptors (Lipinski definition) is 3. The van der Waals surface area contributed by atoms with E-state index in [-0.39, 0.29) is 11.9 Å². The van der Waals surface area contributed by atoms with E-state index < -0.39 is 0 Å². The molecule has 0 saturated carbocycles. The van der Waals surface area contributed by atoms with Crippen molar-refractivity contribution in [1.82, 2.24) is 15.1 Å². The summed E-state index contributed by atoms with van der Waals surface area (Å²) >= 11 is 0. The van der Waals surface area contributed by atoms with E-state index in [0.29, 0.717) is 12.6 Å². The van der Waals surface area contributed by atoms with Crippen molar-refractivity contribution in [3.8, 4) is 0 Å². The fraction of sp³-hybridized carbons (Fsp3) is 0.533. The molecule has 0 radical (unpaired) electrons. The predicted molar refractivity (Wildman–Crippen MR) is 76.9 cm³/mol. The molecule has 1 saturated heterocycles. The van der Waals surface area contributed by atoms with Crippen LogP contribution in [0, 0.1) is 0 Å². The molecule has 104 valence electrons. The van der Waals surface area contributed by atoms with Gasteiger partial charge in [0.05, 0.1) is 12.6 Å². The monoisotopic (exact) mass is 261 g/mol. The van der Waals surface area contributed by atoms with Gasteiger partial charge in [0.25, 0.3) is 0 Å². The topological polar surface area (TPSA) is 35.6 Å². The highest BCUT2D eigenvalue weighted by Crippen LogP contribution is 2.23. The third-order valence-corrected chi connectivity index (χ3v) is 3.46. The van der Waals surface area contributed by atoms with E-state index in [4.69, 9.17) is 0 Å². The van der Waals surface area contributed by atoms with Gasteiger partial charge >= 0.3 is 0 Å². The highest BCUT2D eigenvalue weighted by atomic mass is 16.2. The minimum atomic E-state index is 0.143. The molecule has 1 heterocycles. The lowest BCUT2D eigenvalue weighted by Crippen LogP contribution is -2.54. The summed E-state index contributed by atoms with van der Waals surface area (Å²) in [6.07, 6.45) is 0. The molecule has 2 unspecified atom stereocenters. The highest BCUT2D eigenvalue weighted by Gasteiger charge is 2.30. The fourth-order valence-electron chi connectivity index (χ4n) is 2.52. The van der Waals surface area contributed by atoms with Crippen molar-refractivity contribution in [2.75, 3.05) is 33.7 Å². The Bertz CT molecular complexity index is 419. The Morgan fingerprint density at radius 1 is 1.37 bits per heavy atom. The molecule has 1 N–H and O–H groups in total. The van der Waals surface area contributed by atoms with Crippen LogP contribution in [0.15, 0.2) is 30.3 Å². The third kappa shape index (κ3) is 3.55. The van der Waals surface area contributed by atoms with Gasteiger partial charge in [-0.15, -0.1) is 0 Å². The molecule has 1 aliphatic rings. The summed E-state index contributed by atoms with van der Waals surface area (Å²) in [6, 6.07) is 10.8. The zero-order valence-electron chi connectivity index (χ0n) is 12.0. The van der Waals surface area contributed by atoms with E-state index >= 15 is 0 Å². The molecular weight excluding hydrogens is 238 g/mol. The number of likely N-dealkylation sites (N-methyl/N-ethyl adjacent to an activating group) is 1. The first-order valence-corrected chi connectivity index (χ1v) is 6.80. The lowest BCUT2D eigenvalue weighted by Gasteiger charge is -2.40. The Kier molecular flexibility index (Phi) is 4.56. The Morgan fingerprint density at radius 2 is 2.05 bits per heavy atom. The first kappa shape index (κ1) is 14.0. The van der Waals surface area contributed by atoms with Gasteiger partial charge in [0.2, 0.25) is 5.91 Å². The molecule has 1 fully saturated rings. The summed E-state index contributed by atoms with van der Waals surface area (Å²) in [5.41, 5.74) is 1.20. The number of benzene rings is 1. The van der Waals surface area contributed by atoms with Crippen LogP contribution < -0.4 is 5.32 Å². The number of piperazine rings is 1. The molecular formula is C15H23N3O. The van der Waals surface area contributed by atoms with Crippen molar-refractivity contribution in [3.63, 3.8) is 0 Å². The maximum absolute atomic E-state index is 12.4. The van der Waals surface area contributed by atoms with E-state index in [1.807, 2.05) is 42.1 Å². The second-order valence-electron chi connectivity index (χ2n) is 5.52. The Balaban J connectivity index is 2.17. The van der Waals surface area contributed by atoms with Crippen LogP contribution in [0.3, 0.4) is 0 Å². The number of carbonyl (C=O) groups is 1. The zero-order chi connectivity index (χ0) is 13.8. The van der Waals surface area contributed by atoms with Crippen molar-refractivity contribution < 1.29 is 4.79 Å². The summed E-state index contributed by atoms with van der Waals surface area (Å²) in [4.78, 5) is 16.3. The number of carbonyl (C=O) groups excluding carboxylic acids is 1. The Labute approximate surface area is 115 Å². The maximum Gasteiger partial charge on any atom is 0.237 e. The first-order valence-electron chi connectivity index (χ1n) is 6.80. The van der Waals surface area contributed by atoms with Crippen molar-refractivity contribution in [2.45, 2.75) is 19.0 Å². The average molecular weight is 261 g/mol. The number of nitrogens with zero attached hydrogens (tertiary/aromatic N) is 2. The summed E-state index contributed by atoms with van der Waals surface area (Å²) in [5.74, 6) is 0.201. The second kappa shape index (κ2) is 6.17. The highest BCUT2D eigenvalue weighted by molar-refractivity contribution is 5.79. The molecule has 0 aromatic heterocycles. The molecule has 1 aliphatic heterocycles. The number of nitrogens with one attached hydrogen (secondary N) is 1. The molecule has 2 rings (SSSR count). The average Bonchev–Trinajstić information content (AvgIpc) is 2.39. The van der Waals surface area contributed by atoms with Gasteiger partial charge < -0.3 is 15.1 Å². The number of amides is 1. The lowest BCUT2D eigenvalue weighted by atomic mass is 10.0. The molecule has 0 bridgehead atoms. The van der Waals surface area contributed by atoms with Gasteiger partial charge in [-0.25, -0.2) is 0 Å². The minimum Gasteiger partial charge on any atom is -0.332 e. The predicted octanol–water partition coefficient (Wildman–Crippen LogP) is 1.11. The summed E-state index contributed by atoms with van der Waals surface area (Å²) in [7, 11) is 3.86. The summed E-state index contributed by atoms with van der Waals surface area (Å²) < 4.78 is 0. The van der Waals surface area contributed by atoms with E-state index in [0.717, 1.165) is 13.1 Å². The van der Waals surface area contributed by atoms with Crippen molar-refractivity contribution in [3.05, 3.63) is 35.9 Å². The van der Waals surface area contributed by atoms with Crippen LogP contribution in [-0.2, 0) is 4.79 Å². The van der Waals surface area contributed by atoms with E-state index in [1.165, 1.54) is 5.56 Å². The standard InChI is InChI=1S/C15H23N3O/c1-12-10-18(15(19)11-17(2)3)14(9-16-12)13-7-5-4-6-8-13/h4-8,12,14,16H,9-11H2,1-3H3. The largest absolute Gasteiger partial charge is 0.332 e. The van der Waals surface area contributed by atoms with Gasteiger partial charge in [0, 0.05) is 19.1 Å². The maximum atomic E-state index is 12.4. The lowest BCUT2D eigenvalue weighted by molar-refractivity contribution is -0.135. The van der Waals surface area contributed by atoms with Crippen LogP contribution in [0.4, 0.5) is 0 Å². The zero-order valence-corrected chi connectivity index (χ0v) is 12.0. The molecule has 0 spiro atoms. The molecule has 4 heteroatoms. The smallest absolute Gasteiger partial charge is 0.237 e.